The van der Waals surface area contributed by atoms with Crippen molar-refractivity contribution in [3.8, 4) is 5.75 Å². The van der Waals surface area contributed by atoms with Crippen LogP contribution in [0.5, 0.6) is 5.75 Å². The summed E-state index contributed by atoms with van der Waals surface area (Å²) < 4.78 is 18.5. The lowest BCUT2D eigenvalue weighted by atomic mass is 10.1. The van der Waals surface area contributed by atoms with E-state index in [1.54, 1.807) is 18.2 Å². The molecule has 1 aliphatic heterocycles. The number of amides is 1. The number of anilines is 1. The molecule has 1 unspecified atom stereocenters. The molecule has 0 bridgehead atoms. The summed E-state index contributed by atoms with van der Waals surface area (Å²) in [7, 11) is 2.03. The van der Waals surface area contributed by atoms with E-state index in [2.05, 4.69) is 10.2 Å². The van der Waals surface area contributed by atoms with Gasteiger partial charge in [0, 0.05) is 13.1 Å². The van der Waals surface area contributed by atoms with E-state index in [1.165, 1.54) is 18.2 Å². The molecule has 2 aromatic rings. The van der Waals surface area contributed by atoms with E-state index in [0.717, 1.165) is 29.1 Å². The number of likely N-dealkylation sites (N-methyl/N-ethyl adjacent to an activating group) is 1. The molecule has 130 valence electrons. The number of carbonyl (C=O) groups is 1. The fourth-order valence-electron chi connectivity index (χ4n) is 2.73. The molecule has 0 saturated carbocycles. The maximum Gasteiger partial charge on any atom is 0.244 e. The highest BCUT2D eigenvalue weighted by molar-refractivity contribution is 5.92. The van der Waals surface area contributed by atoms with Crippen molar-refractivity contribution in [2.75, 3.05) is 25.1 Å². The largest absolute Gasteiger partial charge is 0.490 e. The number of nitrogens with zero attached hydrogens (tertiary/aromatic N) is 1. The summed E-state index contributed by atoms with van der Waals surface area (Å²) in [6, 6.07) is 11.8. The number of carbonyl (C=O) groups excluding carboxylic acids is 1. The zero-order valence-electron chi connectivity index (χ0n) is 14.3. The molecule has 5 heteroatoms. The van der Waals surface area contributed by atoms with Crippen LogP contribution in [0.25, 0.3) is 6.08 Å². The van der Waals surface area contributed by atoms with Crippen LogP contribution in [0.1, 0.15) is 24.1 Å². The molecule has 1 atom stereocenters. The van der Waals surface area contributed by atoms with Crippen LogP contribution in [-0.4, -0.2) is 26.1 Å². The first-order chi connectivity index (χ1) is 12.0. The van der Waals surface area contributed by atoms with Gasteiger partial charge in [-0.1, -0.05) is 18.2 Å². The maximum absolute atomic E-state index is 12.9. The van der Waals surface area contributed by atoms with Gasteiger partial charge in [0.15, 0.2) is 0 Å². The number of halogens is 1. The zero-order chi connectivity index (χ0) is 17.8. The molecule has 1 heterocycles. The summed E-state index contributed by atoms with van der Waals surface area (Å²) >= 11 is 0. The van der Waals surface area contributed by atoms with E-state index >= 15 is 0 Å². The Labute approximate surface area is 146 Å². The fraction of sp³-hybridized carbons (Fsp3) is 0.250. The molecule has 25 heavy (non-hydrogen) atoms. The quantitative estimate of drug-likeness (QED) is 0.866. The fourth-order valence-corrected chi connectivity index (χ4v) is 2.73. The van der Waals surface area contributed by atoms with Gasteiger partial charge in [0.1, 0.15) is 18.2 Å². The van der Waals surface area contributed by atoms with E-state index in [1.807, 2.05) is 32.2 Å². The van der Waals surface area contributed by atoms with Crippen molar-refractivity contribution in [2.45, 2.75) is 13.0 Å². The molecule has 0 saturated heterocycles. The zero-order valence-corrected chi connectivity index (χ0v) is 14.3. The highest BCUT2D eigenvalue weighted by atomic mass is 19.1. The van der Waals surface area contributed by atoms with Crippen LogP contribution < -0.4 is 15.0 Å². The third kappa shape index (κ3) is 4.18. The highest BCUT2D eigenvalue weighted by Crippen LogP contribution is 2.33. The van der Waals surface area contributed by atoms with Gasteiger partial charge in [-0.3, -0.25) is 4.79 Å². The second-order valence-corrected chi connectivity index (χ2v) is 6.11. The Morgan fingerprint density at radius 3 is 2.80 bits per heavy atom. The second-order valence-electron chi connectivity index (χ2n) is 6.11. The van der Waals surface area contributed by atoms with Crippen LogP contribution in [0.4, 0.5) is 10.1 Å². The van der Waals surface area contributed by atoms with E-state index < -0.39 is 0 Å². The summed E-state index contributed by atoms with van der Waals surface area (Å²) in [5, 5.41) is 2.94. The first-order valence-electron chi connectivity index (χ1n) is 8.25. The highest BCUT2D eigenvalue weighted by Gasteiger charge is 2.17. The smallest absolute Gasteiger partial charge is 0.244 e. The molecule has 4 nitrogen and oxygen atoms in total. The molecule has 0 fully saturated rings. The lowest BCUT2D eigenvalue weighted by Crippen LogP contribution is -2.29. The van der Waals surface area contributed by atoms with Gasteiger partial charge in [-0.05, 0) is 48.4 Å². The van der Waals surface area contributed by atoms with Crippen LogP contribution in [-0.2, 0) is 4.79 Å². The minimum Gasteiger partial charge on any atom is -0.490 e. The SMILES string of the molecule is CC(NC(=O)C=Cc1ccc(F)cc1)c1ccc2c(c1)N(C)CCO2. The van der Waals surface area contributed by atoms with Crippen molar-refractivity contribution >= 4 is 17.7 Å². The van der Waals surface area contributed by atoms with Crippen LogP contribution >= 0.6 is 0 Å². The molecular weight excluding hydrogens is 319 g/mol. The van der Waals surface area contributed by atoms with Gasteiger partial charge in [0.2, 0.25) is 5.91 Å². The molecule has 0 spiro atoms. The Morgan fingerprint density at radius 2 is 2.04 bits per heavy atom. The molecule has 2 aromatic carbocycles. The summed E-state index contributed by atoms with van der Waals surface area (Å²) in [4.78, 5) is 14.3. The van der Waals surface area contributed by atoms with Gasteiger partial charge in [0.25, 0.3) is 0 Å². The van der Waals surface area contributed by atoms with Crippen molar-refractivity contribution in [3.63, 3.8) is 0 Å². The Hall–Kier alpha value is -2.82. The van der Waals surface area contributed by atoms with E-state index in [4.69, 9.17) is 4.74 Å². The average Bonchev–Trinajstić information content (AvgIpc) is 2.61. The van der Waals surface area contributed by atoms with Crippen LogP contribution in [0, 0.1) is 5.82 Å². The van der Waals surface area contributed by atoms with Crippen LogP contribution in [0.3, 0.4) is 0 Å². The predicted octanol–water partition coefficient (Wildman–Crippen LogP) is 3.54. The lowest BCUT2D eigenvalue weighted by molar-refractivity contribution is -0.117. The summed E-state index contributed by atoms with van der Waals surface area (Å²) in [6.45, 7) is 3.47. The van der Waals surface area contributed by atoms with Crippen LogP contribution in [0.2, 0.25) is 0 Å². The Balaban J connectivity index is 1.65. The van der Waals surface area contributed by atoms with E-state index in [-0.39, 0.29) is 17.8 Å². The molecule has 0 radical (unpaired) electrons. The average molecular weight is 340 g/mol. The van der Waals surface area contributed by atoms with Crippen molar-refractivity contribution in [2.24, 2.45) is 0 Å². The van der Waals surface area contributed by atoms with E-state index in [0.29, 0.717) is 6.61 Å². The Kier molecular flexibility index (Phi) is 5.03. The number of nitrogens with one attached hydrogen (secondary N) is 1. The summed E-state index contributed by atoms with van der Waals surface area (Å²) in [6.07, 6.45) is 3.12. The monoisotopic (exact) mass is 340 g/mol. The molecule has 0 aliphatic carbocycles. The van der Waals surface area contributed by atoms with Gasteiger partial charge in [-0.2, -0.15) is 0 Å². The van der Waals surface area contributed by atoms with Gasteiger partial charge >= 0.3 is 0 Å². The standard InChI is InChI=1S/C20H21FN2O2/c1-14(16-6-9-19-18(13-16)23(2)11-12-25-19)22-20(24)10-5-15-3-7-17(21)8-4-15/h3-10,13-14H,11-12H2,1-2H3,(H,22,24). The number of rotatable bonds is 4. The lowest BCUT2D eigenvalue weighted by Gasteiger charge is -2.28. The molecule has 1 amide bonds. The molecule has 1 N–H and O–H groups in total. The third-order valence-electron chi connectivity index (χ3n) is 4.23. The molecule has 1 aliphatic rings. The first-order valence-corrected chi connectivity index (χ1v) is 8.25. The van der Waals surface area contributed by atoms with Gasteiger partial charge < -0.3 is 15.0 Å². The summed E-state index contributed by atoms with van der Waals surface area (Å²) in [5.41, 5.74) is 2.82. The minimum absolute atomic E-state index is 0.133. The topological polar surface area (TPSA) is 41.6 Å². The van der Waals surface area contributed by atoms with Crippen molar-refractivity contribution in [3.05, 3.63) is 65.5 Å². The Morgan fingerprint density at radius 1 is 1.28 bits per heavy atom. The van der Waals surface area contributed by atoms with E-state index in [9.17, 15) is 9.18 Å². The molecule has 3 rings (SSSR count). The molecule has 0 aromatic heterocycles. The number of hydrogen-bond acceptors (Lipinski definition) is 3. The number of benzene rings is 2. The molecular formula is C20H21FN2O2. The summed E-state index contributed by atoms with van der Waals surface area (Å²) in [5.74, 6) is 0.378. The van der Waals surface area contributed by atoms with Gasteiger partial charge in [-0.15, -0.1) is 0 Å². The normalized spacial score (nSPS) is 14.8. The van der Waals surface area contributed by atoms with Gasteiger partial charge in [-0.25, -0.2) is 4.39 Å². The number of hydrogen-bond donors (Lipinski definition) is 1. The number of fused-ring (bicyclic) bond motifs is 1. The van der Waals surface area contributed by atoms with Crippen molar-refractivity contribution in [1.82, 2.24) is 5.32 Å². The Bertz CT molecular complexity index is 787. The number of ether oxygens (including phenoxy) is 1. The van der Waals surface area contributed by atoms with Crippen LogP contribution in [0.15, 0.2) is 48.5 Å². The van der Waals surface area contributed by atoms with Gasteiger partial charge in [0.05, 0.1) is 18.3 Å². The minimum atomic E-state index is -0.295. The third-order valence-corrected chi connectivity index (χ3v) is 4.23. The predicted molar refractivity (Wildman–Crippen MR) is 97.2 cm³/mol. The first kappa shape index (κ1) is 17.0. The maximum atomic E-state index is 12.9. The second kappa shape index (κ2) is 7.38. The van der Waals surface area contributed by atoms with Crippen molar-refractivity contribution < 1.29 is 13.9 Å². The van der Waals surface area contributed by atoms with Crippen molar-refractivity contribution in [1.29, 1.82) is 0 Å².